The van der Waals surface area contributed by atoms with Crippen molar-refractivity contribution in [2.24, 2.45) is 0 Å². The van der Waals surface area contributed by atoms with Crippen LogP contribution in [-0.4, -0.2) is 23.5 Å². The van der Waals surface area contributed by atoms with Crippen molar-refractivity contribution in [3.8, 4) is 5.75 Å². The Labute approximate surface area is 216 Å². The number of aromatic nitrogens is 1. The molecular formula is C30H28ClNO4. The number of nitrogens with zero attached hydrogens (tertiary/aromatic N) is 1. The van der Waals surface area contributed by atoms with Crippen molar-refractivity contribution in [3.05, 3.63) is 113 Å². The zero-order chi connectivity index (χ0) is 25.9. The monoisotopic (exact) mass is 501 g/mol. The van der Waals surface area contributed by atoms with Crippen molar-refractivity contribution in [3.63, 3.8) is 0 Å². The minimum atomic E-state index is -1.02. The Morgan fingerprint density at radius 3 is 2.64 bits per heavy atom. The van der Waals surface area contributed by atoms with Gasteiger partial charge in [0.05, 0.1) is 28.9 Å². The van der Waals surface area contributed by atoms with Crippen molar-refractivity contribution in [1.29, 1.82) is 0 Å². The third kappa shape index (κ3) is 5.21. The molecule has 2 heterocycles. The Balaban J connectivity index is 1.54. The fourth-order valence-electron chi connectivity index (χ4n) is 3.90. The predicted octanol–water partition coefficient (Wildman–Crippen LogP) is 7.22. The summed E-state index contributed by atoms with van der Waals surface area (Å²) in [7, 11) is 1.55. The lowest BCUT2D eigenvalue weighted by molar-refractivity contribution is -0.126. The van der Waals surface area contributed by atoms with Crippen LogP contribution in [0.2, 0.25) is 5.02 Å². The molecule has 2 aromatic carbocycles. The van der Waals surface area contributed by atoms with E-state index in [0.717, 1.165) is 16.6 Å². The number of benzene rings is 2. The number of ketones is 1. The van der Waals surface area contributed by atoms with Crippen LogP contribution in [0.25, 0.3) is 16.7 Å². The molecule has 0 N–H and O–H groups in total. The molecule has 1 aliphatic heterocycles. The number of hydrogen-bond acceptors (Lipinski definition) is 5. The third-order valence-electron chi connectivity index (χ3n) is 5.87. The molecule has 0 atom stereocenters. The Morgan fingerprint density at radius 1 is 1.14 bits per heavy atom. The predicted molar refractivity (Wildman–Crippen MR) is 144 cm³/mol. The highest BCUT2D eigenvalue weighted by molar-refractivity contribution is 6.32. The fraction of sp³-hybridized carbons (Fsp3) is 0.200. The van der Waals surface area contributed by atoms with Gasteiger partial charge in [-0.3, -0.25) is 4.79 Å². The van der Waals surface area contributed by atoms with Gasteiger partial charge in [0.2, 0.25) is 5.78 Å². The van der Waals surface area contributed by atoms with E-state index in [1.807, 2.05) is 55.5 Å². The number of ether oxygens (including phenoxy) is 3. The third-order valence-corrected chi connectivity index (χ3v) is 6.16. The molecule has 1 aliphatic rings. The summed E-state index contributed by atoms with van der Waals surface area (Å²) in [5, 5.41) is 1.51. The standard InChI is InChI=1S/C30H28ClNO4/c1-6-23(35-18-22-14-12-20-9-7-8-10-25(20)32-22)15-11-19(2)27-28(36-30(3,4)29(27)33)21-13-16-26(34-5)24(31)17-21/h6-17H,2,18H2,1,3-5H3/b15-11-,23-6+. The quantitative estimate of drug-likeness (QED) is 0.241. The summed E-state index contributed by atoms with van der Waals surface area (Å²) in [6.45, 7) is 9.82. The van der Waals surface area contributed by atoms with E-state index < -0.39 is 5.60 Å². The van der Waals surface area contributed by atoms with E-state index in [9.17, 15) is 4.79 Å². The number of methoxy groups -OCH3 is 1. The van der Waals surface area contributed by atoms with Gasteiger partial charge in [0.15, 0.2) is 5.60 Å². The second-order valence-corrected chi connectivity index (χ2v) is 9.24. The van der Waals surface area contributed by atoms with E-state index in [1.54, 1.807) is 45.2 Å². The van der Waals surface area contributed by atoms with Crippen LogP contribution in [0.5, 0.6) is 5.75 Å². The summed E-state index contributed by atoms with van der Waals surface area (Å²) in [4.78, 5) is 17.8. The number of hydrogen-bond donors (Lipinski definition) is 0. The molecule has 0 amide bonds. The molecular weight excluding hydrogens is 474 g/mol. The van der Waals surface area contributed by atoms with Crippen LogP contribution in [0.4, 0.5) is 0 Å². The Hall–Kier alpha value is -3.83. The lowest BCUT2D eigenvalue weighted by Gasteiger charge is -2.18. The van der Waals surface area contributed by atoms with Crippen LogP contribution in [0.1, 0.15) is 32.0 Å². The maximum absolute atomic E-state index is 13.2. The van der Waals surface area contributed by atoms with Gasteiger partial charge in [-0.15, -0.1) is 0 Å². The molecule has 6 heteroatoms. The molecule has 0 unspecified atom stereocenters. The van der Waals surface area contributed by atoms with Crippen LogP contribution in [0.3, 0.4) is 0 Å². The number of fused-ring (bicyclic) bond motifs is 1. The van der Waals surface area contributed by atoms with E-state index >= 15 is 0 Å². The zero-order valence-electron chi connectivity index (χ0n) is 20.8. The van der Waals surface area contributed by atoms with Crippen molar-refractivity contribution in [2.45, 2.75) is 33.0 Å². The number of pyridine rings is 1. The van der Waals surface area contributed by atoms with Crippen molar-refractivity contribution < 1.29 is 19.0 Å². The van der Waals surface area contributed by atoms with E-state index in [0.29, 0.717) is 45.6 Å². The first-order chi connectivity index (χ1) is 17.2. The second-order valence-electron chi connectivity index (χ2n) is 8.83. The second kappa shape index (κ2) is 10.4. The van der Waals surface area contributed by atoms with E-state index in [2.05, 4.69) is 11.6 Å². The van der Waals surface area contributed by atoms with E-state index in [4.69, 9.17) is 25.8 Å². The summed E-state index contributed by atoms with van der Waals surface area (Å²) in [6, 6.07) is 17.2. The maximum atomic E-state index is 13.2. The van der Waals surface area contributed by atoms with Crippen LogP contribution < -0.4 is 4.74 Å². The zero-order valence-corrected chi connectivity index (χ0v) is 21.6. The van der Waals surface area contributed by atoms with Gasteiger partial charge < -0.3 is 14.2 Å². The summed E-state index contributed by atoms with van der Waals surface area (Å²) in [5.41, 5.74) is 2.32. The highest BCUT2D eigenvalue weighted by atomic mass is 35.5. The van der Waals surface area contributed by atoms with Gasteiger partial charge in [0.25, 0.3) is 0 Å². The van der Waals surface area contributed by atoms with Gasteiger partial charge >= 0.3 is 0 Å². The molecule has 3 aromatic rings. The average molecular weight is 502 g/mol. The minimum absolute atomic E-state index is 0.151. The number of rotatable bonds is 8. The number of para-hydroxylation sites is 1. The molecule has 5 nitrogen and oxygen atoms in total. The normalized spacial score (nSPS) is 15.5. The first-order valence-corrected chi connectivity index (χ1v) is 11.9. The molecule has 0 aliphatic carbocycles. The Kier molecular flexibility index (Phi) is 7.32. The molecule has 1 aromatic heterocycles. The lowest BCUT2D eigenvalue weighted by Crippen LogP contribution is -2.29. The van der Waals surface area contributed by atoms with Crippen molar-refractivity contribution in [1.82, 2.24) is 4.98 Å². The lowest BCUT2D eigenvalue weighted by atomic mass is 9.93. The van der Waals surface area contributed by atoms with Crippen LogP contribution >= 0.6 is 11.6 Å². The average Bonchev–Trinajstić information content (AvgIpc) is 3.12. The van der Waals surface area contributed by atoms with Gasteiger partial charge in [-0.05, 0) is 68.8 Å². The Morgan fingerprint density at radius 2 is 1.92 bits per heavy atom. The number of halogens is 1. The Bertz CT molecular complexity index is 1430. The van der Waals surface area contributed by atoms with Crippen molar-refractivity contribution in [2.75, 3.05) is 7.11 Å². The molecule has 0 bridgehead atoms. The van der Waals surface area contributed by atoms with Gasteiger partial charge in [-0.1, -0.05) is 48.5 Å². The number of carbonyl (C=O) groups excluding carboxylic acids is 1. The fourth-order valence-corrected chi connectivity index (χ4v) is 4.16. The summed E-state index contributed by atoms with van der Waals surface area (Å²) in [6.07, 6.45) is 5.39. The number of allylic oxidation sites excluding steroid dienone is 4. The SMILES string of the molecule is C=C(/C=C\C(=C/C)OCc1ccc2ccccc2n1)C1=C(c2ccc(OC)c(Cl)c2)OC(C)(C)C1=O. The topological polar surface area (TPSA) is 57.6 Å². The van der Waals surface area contributed by atoms with E-state index in [-0.39, 0.29) is 5.78 Å². The number of carbonyl (C=O) groups is 1. The van der Waals surface area contributed by atoms with Crippen LogP contribution in [0.15, 0.2) is 96.3 Å². The van der Waals surface area contributed by atoms with Gasteiger partial charge in [-0.25, -0.2) is 4.98 Å². The highest BCUT2D eigenvalue weighted by Crippen LogP contribution is 2.41. The van der Waals surface area contributed by atoms with E-state index in [1.165, 1.54) is 0 Å². The first kappa shape index (κ1) is 25.3. The first-order valence-electron chi connectivity index (χ1n) is 11.6. The molecule has 36 heavy (non-hydrogen) atoms. The smallest absolute Gasteiger partial charge is 0.210 e. The summed E-state index contributed by atoms with van der Waals surface area (Å²) < 4.78 is 17.3. The molecule has 0 saturated heterocycles. The van der Waals surface area contributed by atoms with Gasteiger partial charge in [-0.2, -0.15) is 0 Å². The van der Waals surface area contributed by atoms with Crippen LogP contribution in [0, 0.1) is 0 Å². The summed E-state index contributed by atoms with van der Waals surface area (Å²) >= 11 is 6.33. The van der Waals surface area contributed by atoms with Gasteiger partial charge in [0, 0.05) is 10.9 Å². The summed E-state index contributed by atoms with van der Waals surface area (Å²) in [5.74, 6) is 1.46. The van der Waals surface area contributed by atoms with Crippen LogP contribution in [-0.2, 0) is 20.9 Å². The highest BCUT2D eigenvalue weighted by Gasteiger charge is 2.42. The van der Waals surface area contributed by atoms with Crippen molar-refractivity contribution >= 4 is 34.0 Å². The molecule has 0 spiro atoms. The molecule has 0 fully saturated rings. The molecule has 4 rings (SSSR count). The van der Waals surface area contributed by atoms with Gasteiger partial charge in [0.1, 0.15) is 23.9 Å². The number of Topliss-reactive ketones (excluding diaryl/α,β-unsaturated/α-hetero) is 1. The molecule has 184 valence electrons. The molecule has 0 saturated carbocycles. The largest absolute Gasteiger partial charge is 0.495 e. The minimum Gasteiger partial charge on any atom is -0.495 e. The maximum Gasteiger partial charge on any atom is 0.210 e. The molecule has 0 radical (unpaired) electrons.